The first-order valence-corrected chi connectivity index (χ1v) is 6.95. The SMILES string of the molecule is CCCOc1ccc(C2CNC(=O)CS2)cc1. The molecular formula is C13H17NO2S. The summed E-state index contributed by atoms with van der Waals surface area (Å²) >= 11 is 1.70. The van der Waals surface area contributed by atoms with Crippen molar-refractivity contribution in [3.63, 3.8) is 0 Å². The quantitative estimate of drug-likeness (QED) is 0.893. The maximum absolute atomic E-state index is 11.1. The predicted molar refractivity (Wildman–Crippen MR) is 70.4 cm³/mol. The topological polar surface area (TPSA) is 38.3 Å². The molecule has 0 radical (unpaired) electrons. The highest BCUT2D eigenvalue weighted by atomic mass is 32.2. The van der Waals surface area contributed by atoms with E-state index in [4.69, 9.17) is 4.74 Å². The molecule has 0 aliphatic carbocycles. The third kappa shape index (κ3) is 3.40. The van der Waals surface area contributed by atoms with Crippen LogP contribution in [0.25, 0.3) is 0 Å². The van der Waals surface area contributed by atoms with E-state index < -0.39 is 0 Å². The molecule has 92 valence electrons. The molecule has 1 N–H and O–H groups in total. The van der Waals surface area contributed by atoms with Crippen LogP contribution in [-0.4, -0.2) is 24.8 Å². The number of benzene rings is 1. The lowest BCUT2D eigenvalue weighted by Crippen LogP contribution is -2.33. The monoisotopic (exact) mass is 251 g/mol. The fraction of sp³-hybridized carbons (Fsp3) is 0.462. The molecule has 0 saturated carbocycles. The first kappa shape index (κ1) is 12.3. The Balaban J connectivity index is 1.95. The van der Waals surface area contributed by atoms with Gasteiger partial charge in [-0.15, -0.1) is 11.8 Å². The van der Waals surface area contributed by atoms with Crippen LogP contribution in [0.4, 0.5) is 0 Å². The fourth-order valence-corrected chi connectivity index (χ4v) is 2.71. The predicted octanol–water partition coefficient (Wildman–Crippen LogP) is 2.38. The molecule has 1 aliphatic heterocycles. The second-order valence-corrected chi connectivity index (χ2v) is 5.21. The van der Waals surface area contributed by atoms with E-state index in [1.807, 2.05) is 12.1 Å². The summed E-state index contributed by atoms with van der Waals surface area (Å²) in [5, 5.41) is 3.26. The van der Waals surface area contributed by atoms with E-state index in [0.29, 0.717) is 11.0 Å². The number of ether oxygens (including phenoxy) is 1. The van der Waals surface area contributed by atoms with Crippen LogP contribution in [0.15, 0.2) is 24.3 Å². The first-order valence-electron chi connectivity index (χ1n) is 5.90. The molecule has 17 heavy (non-hydrogen) atoms. The number of amides is 1. The largest absolute Gasteiger partial charge is 0.494 e. The van der Waals surface area contributed by atoms with Crippen molar-refractivity contribution in [2.75, 3.05) is 18.9 Å². The molecule has 1 heterocycles. The van der Waals surface area contributed by atoms with E-state index in [1.54, 1.807) is 11.8 Å². The molecule has 1 aliphatic rings. The van der Waals surface area contributed by atoms with E-state index in [-0.39, 0.29) is 5.91 Å². The third-order valence-corrected chi connectivity index (χ3v) is 3.90. The summed E-state index contributed by atoms with van der Waals surface area (Å²) in [5.41, 5.74) is 1.25. The number of nitrogens with one attached hydrogen (secondary N) is 1. The standard InChI is InChI=1S/C13H17NO2S/c1-2-7-16-11-5-3-10(4-6-11)12-8-14-13(15)9-17-12/h3-6,12H,2,7-9H2,1H3,(H,14,15). The van der Waals surface area contributed by atoms with Crippen molar-refractivity contribution in [1.82, 2.24) is 5.32 Å². The van der Waals surface area contributed by atoms with Gasteiger partial charge in [0.15, 0.2) is 0 Å². The zero-order valence-corrected chi connectivity index (χ0v) is 10.8. The molecule has 1 saturated heterocycles. The Bertz CT molecular complexity index is 368. The normalized spacial score (nSPS) is 19.8. The molecule has 1 aromatic carbocycles. The Morgan fingerprint density at radius 2 is 2.18 bits per heavy atom. The molecule has 0 bridgehead atoms. The van der Waals surface area contributed by atoms with Crippen LogP contribution in [0.2, 0.25) is 0 Å². The van der Waals surface area contributed by atoms with Gasteiger partial charge in [0.25, 0.3) is 0 Å². The van der Waals surface area contributed by atoms with E-state index >= 15 is 0 Å². The average molecular weight is 251 g/mol. The molecular weight excluding hydrogens is 234 g/mol. The second kappa shape index (κ2) is 5.96. The molecule has 1 amide bonds. The highest BCUT2D eigenvalue weighted by Crippen LogP contribution is 2.31. The number of hydrogen-bond acceptors (Lipinski definition) is 3. The van der Waals surface area contributed by atoms with Gasteiger partial charge in [-0.1, -0.05) is 19.1 Å². The van der Waals surface area contributed by atoms with Gasteiger partial charge < -0.3 is 10.1 Å². The van der Waals surface area contributed by atoms with Crippen LogP contribution >= 0.6 is 11.8 Å². The minimum atomic E-state index is 0.133. The summed E-state index contributed by atoms with van der Waals surface area (Å²) in [6, 6.07) is 8.17. The minimum Gasteiger partial charge on any atom is -0.494 e. The zero-order valence-electron chi connectivity index (χ0n) is 9.94. The summed E-state index contributed by atoms with van der Waals surface area (Å²) in [6.07, 6.45) is 1.02. The number of hydrogen-bond donors (Lipinski definition) is 1. The summed E-state index contributed by atoms with van der Waals surface area (Å²) in [5.74, 6) is 1.60. The lowest BCUT2D eigenvalue weighted by molar-refractivity contribution is -0.118. The maximum atomic E-state index is 11.1. The van der Waals surface area contributed by atoms with Crippen LogP contribution in [0.5, 0.6) is 5.75 Å². The van der Waals surface area contributed by atoms with Crippen LogP contribution in [0, 0.1) is 0 Å². The van der Waals surface area contributed by atoms with Gasteiger partial charge in [0.2, 0.25) is 5.91 Å². The van der Waals surface area contributed by atoms with Gasteiger partial charge >= 0.3 is 0 Å². The van der Waals surface area contributed by atoms with Crippen LogP contribution < -0.4 is 10.1 Å². The first-order chi connectivity index (χ1) is 8.29. The Labute approximate surface area is 106 Å². The van der Waals surface area contributed by atoms with E-state index in [0.717, 1.165) is 25.3 Å². The molecule has 4 heteroatoms. The van der Waals surface area contributed by atoms with Crippen molar-refractivity contribution >= 4 is 17.7 Å². The maximum Gasteiger partial charge on any atom is 0.230 e. The summed E-state index contributed by atoms with van der Waals surface area (Å²) in [6.45, 7) is 3.57. The molecule has 2 rings (SSSR count). The smallest absolute Gasteiger partial charge is 0.230 e. The molecule has 3 nitrogen and oxygen atoms in total. The van der Waals surface area contributed by atoms with Crippen LogP contribution in [0.3, 0.4) is 0 Å². The number of carbonyl (C=O) groups excluding carboxylic acids is 1. The van der Waals surface area contributed by atoms with E-state index in [9.17, 15) is 4.79 Å². The Hall–Kier alpha value is -1.16. The lowest BCUT2D eigenvalue weighted by Gasteiger charge is -2.22. The van der Waals surface area contributed by atoms with Crippen molar-refractivity contribution < 1.29 is 9.53 Å². The van der Waals surface area contributed by atoms with Crippen molar-refractivity contribution in [3.8, 4) is 5.75 Å². The third-order valence-electron chi connectivity index (χ3n) is 2.62. The van der Waals surface area contributed by atoms with Crippen molar-refractivity contribution in [2.45, 2.75) is 18.6 Å². The minimum absolute atomic E-state index is 0.133. The molecule has 0 aromatic heterocycles. The van der Waals surface area contributed by atoms with E-state index in [2.05, 4.69) is 24.4 Å². The van der Waals surface area contributed by atoms with Gasteiger partial charge in [-0.3, -0.25) is 4.79 Å². The van der Waals surface area contributed by atoms with Gasteiger partial charge in [-0.25, -0.2) is 0 Å². The Morgan fingerprint density at radius 1 is 1.41 bits per heavy atom. The average Bonchev–Trinajstić information content (AvgIpc) is 2.38. The molecule has 1 aromatic rings. The highest BCUT2D eigenvalue weighted by Gasteiger charge is 2.19. The molecule has 1 unspecified atom stereocenters. The summed E-state index contributed by atoms with van der Waals surface area (Å²) in [4.78, 5) is 11.1. The molecule has 1 fully saturated rings. The molecule has 0 spiro atoms. The van der Waals surface area contributed by atoms with E-state index in [1.165, 1.54) is 5.56 Å². The van der Waals surface area contributed by atoms with Gasteiger partial charge in [0.05, 0.1) is 12.4 Å². The zero-order chi connectivity index (χ0) is 12.1. The fourth-order valence-electron chi connectivity index (χ4n) is 1.71. The highest BCUT2D eigenvalue weighted by molar-refractivity contribution is 8.00. The Kier molecular flexibility index (Phi) is 4.31. The van der Waals surface area contributed by atoms with Crippen molar-refractivity contribution in [1.29, 1.82) is 0 Å². The number of carbonyl (C=O) groups is 1. The number of rotatable bonds is 4. The molecule has 1 atom stereocenters. The second-order valence-electron chi connectivity index (χ2n) is 4.02. The van der Waals surface area contributed by atoms with Crippen molar-refractivity contribution in [3.05, 3.63) is 29.8 Å². The van der Waals surface area contributed by atoms with Gasteiger partial charge in [0.1, 0.15) is 5.75 Å². The lowest BCUT2D eigenvalue weighted by atomic mass is 10.1. The Morgan fingerprint density at radius 3 is 2.76 bits per heavy atom. The van der Waals surface area contributed by atoms with Crippen LogP contribution in [0.1, 0.15) is 24.2 Å². The van der Waals surface area contributed by atoms with Gasteiger partial charge in [-0.2, -0.15) is 0 Å². The van der Waals surface area contributed by atoms with Crippen molar-refractivity contribution in [2.24, 2.45) is 0 Å². The van der Waals surface area contributed by atoms with Gasteiger partial charge in [0, 0.05) is 11.8 Å². The van der Waals surface area contributed by atoms with Gasteiger partial charge in [-0.05, 0) is 24.1 Å². The summed E-state index contributed by atoms with van der Waals surface area (Å²) in [7, 11) is 0. The summed E-state index contributed by atoms with van der Waals surface area (Å²) < 4.78 is 5.54. The number of thioether (sulfide) groups is 1. The van der Waals surface area contributed by atoms with Crippen LogP contribution in [-0.2, 0) is 4.79 Å².